The molecule has 1 atom stereocenters. The van der Waals surface area contributed by atoms with E-state index in [-0.39, 0.29) is 5.91 Å². The Morgan fingerprint density at radius 3 is 2.74 bits per heavy atom. The summed E-state index contributed by atoms with van der Waals surface area (Å²) < 4.78 is 13.5. The van der Waals surface area contributed by atoms with Crippen LogP contribution in [0, 0.1) is 0 Å². The molecule has 0 spiro atoms. The number of benzene rings is 1. The van der Waals surface area contributed by atoms with Crippen molar-refractivity contribution in [1.29, 1.82) is 0 Å². The van der Waals surface area contributed by atoms with E-state index in [1.54, 1.807) is 30.5 Å². The van der Waals surface area contributed by atoms with Crippen LogP contribution in [0.15, 0.2) is 29.2 Å². The van der Waals surface area contributed by atoms with Gasteiger partial charge in [-0.1, -0.05) is 6.42 Å². The topological polar surface area (TPSA) is 76.9 Å². The number of rotatable bonds is 4. The normalized spacial score (nSPS) is 15.5. The van der Waals surface area contributed by atoms with E-state index in [0.29, 0.717) is 17.0 Å². The molecule has 1 unspecified atom stereocenters. The number of aryl methyl sites for hydroxylation is 1. The second-order valence-corrected chi connectivity index (χ2v) is 7.04. The molecule has 2 heterocycles. The van der Waals surface area contributed by atoms with Crippen LogP contribution >= 0.6 is 0 Å². The van der Waals surface area contributed by atoms with Gasteiger partial charge in [0.05, 0.1) is 6.54 Å². The number of carbonyl (C=O) groups excluding carboxylic acids is 1. The maximum atomic E-state index is 12.2. The minimum absolute atomic E-state index is 0.163. The molecule has 1 amide bonds. The molecule has 1 aliphatic heterocycles. The van der Waals surface area contributed by atoms with Gasteiger partial charge in [0, 0.05) is 40.5 Å². The van der Waals surface area contributed by atoms with E-state index in [1.807, 2.05) is 0 Å². The maximum Gasteiger partial charge on any atom is 0.251 e. The Morgan fingerprint density at radius 2 is 2.00 bits per heavy atom. The van der Waals surface area contributed by atoms with Crippen molar-refractivity contribution in [2.24, 2.45) is 0 Å². The first-order valence-electron chi connectivity index (χ1n) is 7.78. The Kier molecular flexibility index (Phi) is 4.85. The monoisotopic (exact) mass is 332 g/mol. The van der Waals surface area contributed by atoms with E-state index in [2.05, 4.69) is 20.1 Å². The van der Waals surface area contributed by atoms with Gasteiger partial charge in [0.2, 0.25) is 0 Å². The number of carbonyl (C=O) groups is 1. The summed E-state index contributed by atoms with van der Waals surface area (Å²) in [6.07, 6.45) is 6.06. The molecule has 0 aliphatic carbocycles. The second-order valence-electron chi connectivity index (χ2n) is 5.66. The average molecular weight is 332 g/mol. The van der Waals surface area contributed by atoms with E-state index in [4.69, 9.17) is 0 Å². The largest absolute Gasteiger partial charge is 0.345 e. The number of hydrogen-bond acceptors (Lipinski definition) is 4. The van der Waals surface area contributed by atoms with Gasteiger partial charge in [0.15, 0.2) is 5.82 Å². The van der Waals surface area contributed by atoms with Crippen molar-refractivity contribution in [1.82, 2.24) is 20.1 Å². The van der Waals surface area contributed by atoms with E-state index >= 15 is 0 Å². The zero-order valence-corrected chi connectivity index (χ0v) is 13.9. The van der Waals surface area contributed by atoms with Gasteiger partial charge in [-0.25, -0.2) is 0 Å². The van der Waals surface area contributed by atoms with Crippen LogP contribution in [-0.2, 0) is 30.3 Å². The molecule has 0 bridgehead atoms. The van der Waals surface area contributed by atoms with E-state index in [1.165, 1.54) is 6.42 Å². The molecule has 0 saturated carbocycles. The molecule has 2 aromatic rings. The van der Waals surface area contributed by atoms with Crippen molar-refractivity contribution < 1.29 is 9.00 Å². The lowest BCUT2D eigenvalue weighted by atomic mass is 10.2. The maximum absolute atomic E-state index is 12.2. The Bertz CT molecular complexity index is 724. The highest BCUT2D eigenvalue weighted by molar-refractivity contribution is 7.84. The average Bonchev–Trinajstić information content (AvgIpc) is 2.79. The molecule has 1 aromatic carbocycles. The van der Waals surface area contributed by atoms with Gasteiger partial charge < -0.3 is 9.88 Å². The Hall–Kier alpha value is -2.02. The minimum atomic E-state index is -1.04. The quantitative estimate of drug-likeness (QED) is 0.924. The Balaban J connectivity index is 1.65. The molecule has 0 radical (unpaired) electrons. The molecular formula is C16H20N4O2S. The number of amides is 1. The number of fused-ring (bicyclic) bond motifs is 1. The van der Waals surface area contributed by atoms with Crippen molar-refractivity contribution in [2.45, 2.75) is 43.7 Å². The highest BCUT2D eigenvalue weighted by atomic mass is 32.2. The predicted molar refractivity (Wildman–Crippen MR) is 87.5 cm³/mol. The highest BCUT2D eigenvalue weighted by Crippen LogP contribution is 2.14. The molecule has 1 aromatic heterocycles. The summed E-state index contributed by atoms with van der Waals surface area (Å²) in [7, 11) is -1.04. The SMILES string of the molecule is CS(=O)c1ccc(C(=O)NCc2nnc3n2CCCCC3)cc1. The lowest BCUT2D eigenvalue weighted by molar-refractivity contribution is 0.0949. The van der Waals surface area contributed by atoms with Gasteiger partial charge in [0.25, 0.3) is 5.91 Å². The molecule has 0 saturated heterocycles. The van der Waals surface area contributed by atoms with Crippen molar-refractivity contribution >= 4 is 16.7 Å². The number of aromatic nitrogens is 3. The zero-order chi connectivity index (χ0) is 16.2. The molecule has 1 aliphatic rings. The van der Waals surface area contributed by atoms with E-state index in [9.17, 15) is 9.00 Å². The third-order valence-corrected chi connectivity index (χ3v) is 4.98. The Labute approximate surface area is 137 Å². The molecular weight excluding hydrogens is 312 g/mol. The summed E-state index contributed by atoms with van der Waals surface area (Å²) in [4.78, 5) is 12.9. The summed E-state index contributed by atoms with van der Waals surface area (Å²) in [5, 5.41) is 11.3. The van der Waals surface area contributed by atoms with Gasteiger partial charge in [-0.3, -0.25) is 9.00 Å². The predicted octanol–water partition coefficient (Wildman–Crippen LogP) is 1.67. The zero-order valence-electron chi connectivity index (χ0n) is 13.1. The van der Waals surface area contributed by atoms with Crippen LogP contribution in [0.1, 0.15) is 41.3 Å². The first-order chi connectivity index (χ1) is 11.1. The van der Waals surface area contributed by atoms with Crippen molar-refractivity contribution in [3.63, 3.8) is 0 Å². The third-order valence-electron chi connectivity index (χ3n) is 4.04. The molecule has 0 fully saturated rings. The van der Waals surface area contributed by atoms with Crippen molar-refractivity contribution in [3.8, 4) is 0 Å². The van der Waals surface area contributed by atoms with Gasteiger partial charge in [-0.05, 0) is 37.1 Å². The highest BCUT2D eigenvalue weighted by Gasteiger charge is 2.15. The van der Waals surface area contributed by atoms with Crippen molar-refractivity contribution in [3.05, 3.63) is 41.5 Å². The first-order valence-corrected chi connectivity index (χ1v) is 9.33. The summed E-state index contributed by atoms with van der Waals surface area (Å²) in [6, 6.07) is 6.81. The summed E-state index contributed by atoms with van der Waals surface area (Å²) in [6.45, 7) is 1.29. The lowest BCUT2D eigenvalue weighted by Crippen LogP contribution is -2.25. The van der Waals surface area contributed by atoms with Crippen LogP contribution < -0.4 is 5.32 Å². The molecule has 3 rings (SSSR count). The van der Waals surface area contributed by atoms with Crippen LogP contribution in [0.25, 0.3) is 0 Å². The van der Waals surface area contributed by atoms with Gasteiger partial charge in [-0.15, -0.1) is 10.2 Å². The number of nitrogens with zero attached hydrogens (tertiary/aromatic N) is 3. The van der Waals surface area contributed by atoms with Gasteiger partial charge >= 0.3 is 0 Å². The number of nitrogens with one attached hydrogen (secondary N) is 1. The summed E-state index contributed by atoms with van der Waals surface area (Å²) in [5.41, 5.74) is 0.551. The van der Waals surface area contributed by atoms with Gasteiger partial charge in [-0.2, -0.15) is 0 Å². The molecule has 1 N–H and O–H groups in total. The van der Waals surface area contributed by atoms with Crippen LogP contribution in [0.5, 0.6) is 0 Å². The molecule has 7 heteroatoms. The van der Waals surface area contributed by atoms with Crippen LogP contribution in [-0.4, -0.2) is 31.1 Å². The fraction of sp³-hybridized carbons (Fsp3) is 0.438. The fourth-order valence-electron chi connectivity index (χ4n) is 2.74. The fourth-order valence-corrected chi connectivity index (χ4v) is 3.25. The van der Waals surface area contributed by atoms with E-state index < -0.39 is 10.8 Å². The summed E-state index contributed by atoms with van der Waals surface area (Å²) >= 11 is 0. The third kappa shape index (κ3) is 3.67. The van der Waals surface area contributed by atoms with E-state index in [0.717, 1.165) is 37.5 Å². The molecule has 6 nitrogen and oxygen atoms in total. The molecule has 23 heavy (non-hydrogen) atoms. The smallest absolute Gasteiger partial charge is 0.251 e. The molecule has 122 valence electrons. The van der Waals surface area contributed by atoms with Crippen LogP contribution in [0.2, 0.25) is 0 Å². The number of hydrogen-bond donors (Lipinski definition) is 1. The minimum Gasteiger partial charge on any atom is -0.345 e. The summed E-state index contributed by atoms with van der Waals surface area (Å²) in [5.74, 6) is 1.66. The Morgan fingerprint density at radius 1 is 1.22 bits per heavy atom. The van der Waals surface area contributed by atoms with Gasteiger partial charge in [0.1, 0.15) is 5.82 Å². The first kappa shape index (κ1) is 15.9. The lowest BCUT2D eigenvalue weighted by Gasteiger charge is -2.08. The van der Waals surface area contributed by atoms with Crippen LogP contribution in [0.4, 0.5) is 0 Å². The standard InChI is InChI=1S/C16H20N4O2S/c1-23(22)13-8-6-12(7-9-13)16(21)17-11-15-19-18-14-5-3-2-4-10-20(14)15/h6-9H,2-5,10-11H2,1H3,(H,17,21). The second kappa shape index (κ2) is 7.04. The van der Waals surface area contributed by atoms with Crippen molar-refractivity contribution in [2.75, 3.05) is 6.26 Å². The van der Waals surface area contributed by atoms with Crippen LogP contribution in [0.3, 0.4) is 0 Å².